The van der Waals surface area contributed by atoms with E-state index in [0.29, 0.717) is 5.56 Å². The van der Waals surface area contributed by atoms with Crippen LogP contribution in [0.5, 0.6) is 0 Å². The number of ketones is 4. The largest absolute Gasteiger partial charge is 0.455 e. The van der Waals surface area contributed by atoms with Gasteiger partial charge in [0.2, 0.25) is 11.2 Å². The lowest BCUT2D eigenvalue weighted by atomic mass is 9.82. The summed E-state index contributed by atoms with van der Waals surface area (Å²) in [4.78, 5) is 71.9. The Labute approximate surface area is 280 Å². The van der Waals surface area contributed by atoms with Gasteiger partial charge in [-0.15, -0.1) is 0 Å². The van der Waals surface area contributed by atoms with E-state index >= 15 is 0 Å². The molecule has 0 aliphatic rings. The number of rotatable bonds is 9. The van der Waals surface area contributed by atoms with Crippen LogP contribution in [0.4, 0.5) is 0 Å². The summed E-state index contributed by atoms with van der Waals surface area (Å²) >= 11 is 0. The number of carbonyl (C=O) groups is 4. The first-order chi connectivity index (χ1) is 23.9. The van der Waals surface area contributed by atoms with Crippen LogP contribution < -0.4 is 5.43 Å². The maximum absolute atomic E-state index is 14.7. The monoisotopic (exact) mass is 638 g/mol. The van der Waals surface area contributed by atoms with Crippen LogP contribution in [0, 0.1) is 0 Å². The van der Waals surface area contributed by atoms with E-state index in [1.165, 1.54) is 12.1 Å². The van der Waals surface area contributed by atoms with Gasteiger partial charge in [0.05, 0.1) is 5.39 Å². The first-order valence-electron chi connectivity index (χ1n) is 15.6. The van der Waals surface area contributed by atoms with Crippen molar-refractivity contribution in [1.29, 1.82) is 0 Å². The Morgan fingerprint density at radius 3 is 1.31 bits per heavy atom. The van der Waals surface area contributed by atoms with E-state index in [2.05, 4.69) is 0 Å². The van der Waals surface area contributed by atoms with Gasteiger partial charge in [-0.05, 0) is 24.3 Å². The van der Waals surface area contributed by atoms with E-state index in [0.717, 1.165) is 0 Å². The molecule has 0 spiro atoms. The van der Waals surface area contributed by atoms with Gasteiger partial charge in [-0.2, -0.15) is 0 Å². The predicted molar refractivity (Wildman–Crippen MR) is 187 cm³/mol. The van der Waals surface area contributed by atoms with Crippen LogP contribution in [-0.2, 0) is 0 Å². The molecule has 0 saturated carbocycles. The van der Waals surface area contributed by atoms with Crippen molar-refractivity contribution in [2.45, 2.75) is 0 Å². The highest BCUT2D eigenvalue weighted by Crippen LogP contribution is 2.36. The molecule has 0 aliphatic heterocycles. The SMILES string of the molecule is O=C(c1ccccc1)c1ccc(-c2oc3ccccc3c(=O)c2C(=O)c2ccccc2)c(C(=O)c2ccccc2)c1C(=O)c1ccccc1. The van der Waals surface area contributed by atoms with E-state index < -0.39 is 28.6 Å². The van der Waals surface area contributed by atoms with Crippen molar-refractivity contribution >= 4 is 34.1 Å². The van der Waals surface area contributed by atoms with Crippen molar-refractivity contribution in [2.75, 3.05) is 0 Å². The quantitative estimate of drug-likeness (QED) is 0.147. The number of hydrogen-bond acceptors (Lipinski definition) is 6. The third-order valence-corrected chi connectivity index (χ3v) is 8.32. The molecule has 6 nitrogen and oxygen atoms in total. The second kappa shape index (κ2) is 13.1. The van der Waals surface area contributed by atoms with E-state index in [-0.39, 0.29) is 61.2 Å². The van der Waals surface area contributed by atoms with Crippen molar-refractivity contribution in [3.63, 3.8) is 0 Å². The lowest BCUT2D eigenvalue weighted by molar-refractivity contribution is 0.0990. The number of para-hydroxylation sites is 1. The third-order valence-electron chi connectivity index (χ3n) is 8.32. The van der Waals surface area contributed by atoms with E-state index in [1.54, 1.807) is 146 Å². The lowest BCUT2D eigenvalue weighted by Gasteiger charge is -2.19. The van der Waals surface area contributed by atoms with E-state index in [4.69, 9.17) is 4.42 Å². The highest BCUT2D eigenvalue weighted by Gasteiger charge is 2.33. The Morgan fingerprint density at radius 1 is 0.388 bits per heavy atom. The van der Waals surface area contributed by atoms with Gasteiger partial charge < -0.3 is 4.42 Å². The molecule has 6 heteroatoms. The molecule has 0 saturated heterocycles. The van der Waals surface area contributed by atoms with Crippen LogP contribution in [0.2, 0.25) is 0 Å². The Morgan fingerprint density at radius 2 is 0.796 bits per heavy atom. The van der Waals surface area contributed by atoms with Crippen molar-refractivity contribution < 1.29 is 23.6 Å². The molecule has 234 valence electrons. The summed E-state index contributed by atoms with van der Waals surface area (Å²) in [6.07, 6.45) is 0. The summed E-state index contributed by atoms with van der Waals surface area (Å²) in [5.41, 5.74) is -0.00294. The molecule has 0 unspecified atom stereocenters. The second-order valence-electron chi connectivity index (χ2n) is 11.3. The fourth-order valence-corrected chi connectivity index (χ4v) is 5.94. The molecule has 0 N–H and O–H groups in total. The van der Waals surface area contributed by atoms with Gasteiger partial charge in [0.15, 0.2) is 23.1 Å². The Hall–Kier alpha value is -6.79. The normalized spacial score (nSPS) is 10.9. The molecule has 7 rings (SSSR count). The first kappa shape index (κ1) is 30.8. The predicted octanol–water partition coefficient (Wildman–Crippen LogP) is 8.38. The van der Waals surface area contributed by atoms with Gasteiger partial charge in [-0.1, -0.05) is 133 Å². The van der Waals surface area contributed by atoms with Crippen LogP contribution in [0.1, 0.15) is 63.7 Å². The number of hydrogen-bond donors (Lipinski definition) is 0. The fraction of sp³-hybridized carbons (Fsp3) is 0. The smallest absolute Gasteiger partial charge is 0.204 e. The van der Waals surface area contributed by atoms with Gasteiger partial charge in [0.1, 0.15) is 11.1 Å². The van der Waals surface area contributed by atoms with Crippen molar-refractivity contribution in [1.82, 2.24) is 0 Å². The highest BCUT2D eigenvalue weighted by molar-refractivity contribution is 6.28. The molecule has 1 aromatic heterocycles. The molecule has 49 heavy (non-hydrogen) atoms. The molecule has 0 bridgehead atoms. The van der Waals surface area contributed by atoms with Gasteiger partial charge >= 0.3 is 0 Å². The lowest BCUT2D eigenvalue weighted by Crippen LogP contribution is -2.21. The Kier molecular flexibility index (Phi) is 8.27. The molecular weight excluding hydrogens is 612 g/mol. The second-order valence-corrected chi connectivity index (χ2v) is 11.3. The van der Waals surface area contributed by atoms with Gasteiger partial charge in [0.25, 0.3) is 0 Å². The van der Waals surface area contributed by atoms with Crippen molar-refractivity contribution in [3.8, 4) is 11.3 Å². The van der Waals surface area contributed by atoms with Crippen LogP contribution in [0.15, 0.2) is 167 Å². The van der Waals surface area contributed by atoms with Crippen molar-refractivity contribution in [3.05, 3.63) is 212 Å². The van der Waals surface area contributed by atoms with E-state index in [1.807, 2.05) is 0 Å². The van der Waals surface area contributed by atoms with Crippen LogP contribution in [0.25, 0.3) is 22.3 Å². The minimum atomic E-state index is -0.617. The molecule has 1 heterocycles. The van der Waals surface area contributed by atoms with Crippen LogP contribution in [-0.4, -0.2) is 23.1 Å². The molecular formula is C43H26O6. The molecule has 6 aromatic carbocycles. The summed E-state index contributed by atoms with van der Waals surface area (Å²) in [7, 11) is 0. The molecule has 0 atom stereocenters. The molecule has 7 aromatic rings. The van der Waals surface area contributed by atoms with Crippen LogP contribution in [0.3, 0.4) is 0 Å². The fourth-order valence-electron chi connectivity index (χ4n) is 5.94. The zero-order valence-electron chi connectivity index (χ0n) is 26.0. The summed E-state index contributed by atoms with van der Waals surface area (Å²) in [5.74, 6) is -2.45. The average molecular weight is 639 g/mol. The summed E-state index contributed by atoms with van der Waals surface area (Å²) < 4.78 is 6.39. The first-order valence-corrected chi connectivity index (χ1v) is 15.6. The molecule has 0 amide bonds. The van der Waals surface area contributed by atoms with Gasteiger partial charge in [-0.3, -0.25) is 24.0 Å². The summed E-state index contributed by atoms with van der Waals surface area (Å²) in [6.45, 7) is 0. The highest BCUT2D eigenvalue weighted by atomic mass is 16.3. The Bertz CT molecular complexity index is 2450. The minimum Gasteiger partial charge on any atom is -0.455 e. The van der Waals surface area contributed by atoms with Gasteiger partial charge in [-0.25, -0.2) is 0 Å². The zero-order valence-corrected chi connectivity index (χ0v) is 26.0. The summed E-state index contributed by atoms with van der Waals surface area (Å²) in [5, 5.41) is 0.179. The Balaban J connectivity index is 1.62. The molecule has 0 fully saturated rings. The average Bonchev–Trinajstić information content (AvgIpc) is 3.17. The minimum absolute atomic E-state index is 0.0119. The van der Waals surface area contributed by atoms with Gasteiger partial charge in [0, 0.05) is 44.5 Å². The van der Waals surface area contributed by atoms with Crippen LogP contribution >= 0.6 is 0 Å². The third kappa shape index (κ3) is 5.72. The molecule has 0 aliphatic carbocycles. The van der Waals surface area contributed by atoms with Crippen molar-refractivity contribution in [2.24, 2.45) is 0 Å². The number of fused-ring (bicyclic) bond motifs is 1. The molecule has 0 radical (unpaired) electrons. The topological polar surface area (TPSA) is 98.5 Å². The maximum atomic E-state index is 14.7. The standard InChI is InChI=1S/C43H26O6/c44-38(27-15-5-1-6-16-27)32-25-26-33(36(40(46)29-19-9-3-10-20-29)35(32)39(45)28-17-7-2-8-18-28)43-37(41(47)30-21-11-4-12-22-30)42(48)31-23-13-14-24-34(31)49-43/h1-26H. The summed E-state index contributed by atoms with van der Waals surface area (Å²) in [6, 6.07) is 42.8. The zero-order chi connectivity index (χ0) is 33.9. The number of carbonyl (C=O) groups excluding carboxylic acids is 4. The number of benzene rings is 6. The van der Waals surface area contributed by atoms with E-state index in [9.17, 15) is 24.0 Å². The maximum Gasteiger partial charge on any atom is 0.204 e.